The van der Waals surface area contributed by atoms with E-state index in [1.54, 1.807) is 0 Å². The fourth-order valence-electron chi connectivity index (χ4n) is 3.41. The van der Waals surface area contributed by atoms with E-state index in [9.17, 15) is 0 Å². The van der Waals surface area contributed by atoms with Crippen LogP contribution in [0.2, 0.25) is 0 Å². The van der Waals surface area contributed by atoms with Gasteiger partial charge in [-0.1, -0.05) is 30.3 Å². The van der Waals surface area contributed by atoms with Gasteiger partial charge in [-0.15, -0.1) is 0 Å². The second-order valence-electron chi connectivity index (χ2n) is 6.17. The summed E-state index contributed by atoms with van der Waals surface area (Å²) in [6.45, 7) is 8.57. The number of hydrogen-bond acceptors (Lipinski definition) is 3. The molecule has 2 fully saturated rings. The molecule has 19 heavy (non-hydrogen) atoms. The van der Waals surface area contributed by atoms with Crippen LogP contribution in [0.3, 0.4) is 0 Å². The Labute approximate surface area is 115 Å². The van der Waals surface area contributed by atoms with E-state index < -0.39 is 0 Å². The van der Waals surface area contributed by atoms with Gasteiger partial charge in [-0.2, -0.15) is 0 Å². The minimum Gasteiger partial charge on any atom is -0.379 e. The van der Waals surface area contributed by atoms with Crippen LogP contribution in [0.25, 0.3) is 0 Å². The van der Waals surface area contributed by atoms with Crippen molar-refractivity contribution in [1.29, 1.82) is 0 Å². The van der Waals surface area contributed by atoms with E-state index in [1.807, 2.05) is 0 Å². The number of ether oxygens (including phenoxy) is 1. The molecule has 3 heteroatoms. The number of nitrogens with one attached hydrogen (secondary N) is 1. The molecule has 2 heterocycles. The monoisotopic (exact) mass is 260 g/mol. The predicted molar refractivity (Wildman–Crippen MR) is 77.2 cm³/mol. The van der Waals surface area contributed by atoms with Crippen LogP contribution in [0.5, 0.6) is 0 Å². The van der Waals surface area contributed by atoms with Gasteiger partial charge in [0.2, 0.25) is 0 Å². The topological polar surface area (TPSA) is 24.5 Å². The second-order valence-corrected chi connectivity index (χ2v) is 6.17. The molecule has 104 valence electrons. The highest BCUT2D eigenvalue weighted by Crippen LogP contribution is 2.31. The molecule has 2 saturated heterocycles. The van der Waals surface area contributed by atoms with Gasteiger partial charge in [0.05, 0.1) is 6.61 Å². The molecule has 1 aromatic carbocycles. The van der Waals surface area contributed by atoms with Gasteiger partial charge in [0, 0.05) is 37.3 Å². The van der Waals surface area contributed by atoms with Crippen molar-refractivity contribution in [2.75, 3.05) is 26.3 Å². The van der Waals surface area contributed by atoms with Gasteiger partial charge in [0.1, 0.15) is 0 Å². The Balaban J connectivity index is 1.77. The fraction of sp³-hybridized carbons (Fsp3) is 0.625. The maximum Gasteiger partial charge on any atom is 0.0648 e. The van der Waals surface area contributed by atoms with E-state index in [4.69, 9.17) is 4.74 Å². The predicted octanol–water partition coefficient (Wildman–Crippen LogP) is 2.20. The molecule has 0 amide bonds. The lowest BCUT2D eigenvalue weighted by Gasteiger charge is -2.47. The zero-order valence-electron chi connectivity index (χ0n) is 11.9. The second kappa shape index (κ2) is 5.23. The van der Waals surface area contributed by atoms with Crippen molar-refractivity contribution in [2.45, 2.75) is 37.9 Å². The summed E-state index contributed by atoms with van der Waals surface area (Å²) >= 11 is 0. The van der Waals surface area contributed by atoms with Gasteiger partial charge in [-0.3, -0.25) is 4.90 Å². The average molecular weight is 260 g/mol. The molecule has 0 bridgehead atoms. The van der Waals surface area contributed by atoms with Gasteiger partial charge < -0.3 is 10.1 Å². The van der Waals surface area contributed by atoms with Gasteiger partial charge in [-0.05, 0) is 25.8 Å². The highest BCUT2D eigenvalue weighted by molar-refractivity contribution is 5.20. The Bertz CT molecular complexity index is 414. The summed E-state index contributed by atoms with van der Waals surface area (Å²) in [5.41, 5.74) is 1.61. The van der Waals surface area contributed by atoms with E-state index in [2.05, 4.69) is 54.4 Å². The van der Waals surface area contributed by atoms with Crippen LogP contribution >= 0.6 is 0 Å². The first kappa shape index (κ1) is 13.1. The molecule has 2 aliphatic heterocycles. The molecule has 1 N–H and O–H groups in total. The molecule has 3 atom stereocenters. The number of rotatable bonds is 2. The third-order valence-corrected chi connectivity index (χ3v) is 4.66. The van der Waals surface area contributed by atoms with Crippen LogP contribution in [0.15, 0.2) is 30.3 Å². The fourth-order valence-corrected chi connectivity index (χ4v) is 3.41. The standard InChI is InChI=1S/C16H24N2O/c1-13-10-17-15(14-6-4-3-5-7-14)11-18(13)16(2)8-9-19-12-16/h3-7,13,15,17H,8-12H2,1-2H3. The van der Waals surface area contributed by atoms with Crippen LogP contribution in [0.4, 0.5) is 0 Å². The highest BCUT2D eigenvalue weighted by atomic mass is 16.5. The third-order valence-electron chi connectivity index (χ3n) is 4.66. The van der Waals surface area contributed by atoms with Crippen LogP contribution in [0.1, 0.15) is 31.9 Å². The Morgan fingerprint density at radius 1 is 1.32 bits per heavy atom. The lowest BCUT2D eigenvalue weighted by molar-refractivity contribution is 0.0186. The maximum absolute atomic E-state index is 5.64. The molecule has 0 spiro atoms. The van der Waals surface area contributed by atoms with Crippen molar-refractivity contribution in [2.24, 2.45) is 0 Å². The van der Waals surface area contributed by atoms with Crippen LogP contribution < -0.4 is 5.32 Å². The Kier molecular flexibility index (Phi) is 3.61. The lowest BCUT2D eigenvalue weighted by Crippen LogP contribution is -2.60. The molecule has 1 aromatic rings. The summed E-state index contributed by atoms with van der Waals surface area (Å²) in [5, 5.41) is 3.67. The normalized spacial score (nSPS) is 36.5. The molecule has 0 saturated carbocycles. The quantitative estimate of drug-likeness (QED) is 0.882. The summed E-state index contributed by atoms with van der Waals surface area (Å²) in [6, 6.07) is 11.8. The number of hydrogen-bond donors (Lipinski definition) is 1. The van der Waals surface area contributed by atoms with Crippen molar-refractivity contribution >= 4 is 0 Å². The summed E-state index contributed by atoms with van der Waals surface area (Å²) < 4.78 is 5.64. The molecule has 3 nitrogen and oxygen atoms in total. The van der Waals surface area contributed by atoms with Crippen molar-refractivity contribution in [3.8, 4) is 0 Å². The van der Waals surface area contributed by atoms with Gasteiger partial charge in [0.25, 0.3) is 0 Å². The zero-order valence-corrected chi connectivity index (χ0v) is 11.9. The highest BCUT2D eigenvalue weighted by Gasteiger charge is 2.41. The van der Waals surface area contributed by atoms with Crippen molar-refractivity contribution < 1.29 is 4.74 Å². The van der Waals surface area contributed by atoms with Crippen LogP contribution in [-0.4, -0.2) is 42.8 Å². The van der Waals surface area contributed by atoms with E-state index in [0.29, 0.717) is 12.1 Å². The molecule has 0 radical (unpaired) electrons. The number of piperazine rings is 1. The van der Waals surface area contributed by atoms with E-state index >= 15 is 0 Å². The van der Waals surface area contributed by atoms with Gasteiger partial charge in [0.15, 0.2) is 0 Å². The Morgan fingerprint density at radius 2 is 2.11 bits per heavy atom. The van der Waals surface area contributed by atoms with Crippen LogP contribution in [0, 0.1) is 0 Å². The van der Waals surface area contributed by atoms with Crippen molar-refractivity contribution in [1.82, 2.24) is 10.2 Å². The third kappa shape index (κ3) is 2.55. The largest absolute Gasteiger partial charge is 0.379 e. The zero-order chi connectivity index (χ0) is 13.3. The summed E-state index contributed by atoms with van der Waals surface area (Å²) in [5.74, 6) is 0. The molecule has 2 aliphatic rings. The molecule has 0 aliphatic carbocycles. The molecule has 3 rings (SSSR count). The summed E-state index contributed by atoms with van der Waals surface area (Å²) in [7, 11) is 0. The van der Waals surface area contributed by atoms with E-state index in [1.165, 1.54) is 5.56 Å². The first-order valence-corrected chi connectivity index (χ1v) is 7.32. The van der Waals surface area contributed by atoms with Crippen molar-refractivity contribution in [3.63, 3.8) is 0 Å². The van der Waals surface area contributed by atoms with Crippen molar-refractivity contribution in [3.05, 3.63) is 35.9 Å². The minimum atomic E-state index is 0.217. The van der Waals surface area contributed by atoms with E-state index in [0.717, 1.165) is 32.7 Å². The summed E-state index contributed by atoms with van der Waals surface area (Å²) in [6.07, 6.45) is 1.15. The lowest BCUT2D eigenvalue weighted by atomic mass is 9.92. The molecule has 3 unspecified atom stereocenters. The molecule has 0 aromatic heterocycles. The smallest absolute Gasteiger partial charge is 0.0648 e. The SMILES string of the molecule is CC1CNC(c2ccccc2)CN1C1(C)CCOC1. The first-order valence-electron chi connectivity index (χ1n) is 7.32. The first-order chi connectivity index (χ1) is 9.19. The van der Waals surface area contributed by atoms with Crippen LogP contribution in [-0.2, 0) is 4.74 Å². The Morgan fingerprint density at radius 3 is 2.79 bits per heavy atom. The number of nitrogens with zero attached hydrogens (tertiary/aromatic N) is 1. The number of benzene rings is 1. The molecular formula is C16H24N2O. The van der Waals surface area contributed by atoms with Gasteiger partial charge in [-0.25, -0.2) is 0 Å². The summed E-state index contributed by atoms with van der Waals surface area (Å²) in [4.78, 5) is 2.65. The molecular weight excluding hydrogens is 236 g/mol. The van der Waals surface area contributed by atoms with E-state index in [-0.39, 0.29) is 5.54 Å². The maximum atomic E-state index is 5.64. The Hall–Kier alpha value is -0.900. The minimum absolute atomic E-state index is 0.217. The average Bonchev–Trinajstić information content (AvgIpc) is 2.88. The van der Waals surface area contributed by atoms with Gasteiger partial charge >= 0.3 is 0 Å².